The molecule has 4 N–H and O–H groups in total. The molecule has 2 atom stereocenters. The van der Waals surface area contributed by atoms with Crippen molar-refractivity contribution in [1.82, 2.24) is 15.5 Å². The van der Waals surface area contributed by atoms with E-state index in [1.807, 2.05) is 42.5 Å². The number of para-hydroxylation sites is 1. The van der Waals surface area contributed by atoms with Crippen molar-refractivity contribution in [1.29, 1.82) is 0 Å². The third-order valence-electron chi connectivity index (χ3n) is 5.83. The number of hydrogen-bond donors (Lipinski definition) is 4. The standard InChI is InChI=1S/C20H19ClN4O2/c21-11-6-16(15-10-22-25-17(15)7-11)20(27)8-13-14(9-20)18(13)24-19(26)23-12-4-2-1-3-5-12/h1-7,10,13-14,18,27H,8-9H2,(H,22,25)(H2,23,24,26). The van der Waals surface area contributed by atoms with Crippen molar-refractivity contribution < 1.29 is 9.90 Å². The van der Waals surface area contributed by atoms with E-state index >= 15 is 0 Å². The topological polar surface area (TPSA) is 90.0 Å². The van der Waals surface area contributed by atoms with Crippen LogP contribution in [0.3, 0.4) is 0 Å². The highest BCUT2D eigenvalue weighted by Crippen LogP contribution is 2.60. The van der Waals surface area contributed by atoms with Crippen LogP contribution in [0, 0.1) is 11.8 Å². The maximum Gasteiger partial charge on any atom is 0.319 e. The smallest absolute Gasteiger partial charge is 0.319 e. The molecule has 1 heterocycles. The summed E-state index contributed by atoms with van der Waals surface area (Å²) in [6.45, 7) is 0. The SMILES string of the molecule is O=C(Nc1ccccc1)NC1C2CC(O)(c3cc(Cl)cc4[nH]ncc34)CC21. The van der Waals surface area contributed by atoms with Gasteiger partial charge in [0.05, 0.1) is 17.3 Å². The summed E-state index contributed by atoms with van der Waals surface area (Å²) in [7, 11) is 0. The Morgan fingerprint density at radius 2 is 1.96 bits per heavy atom. The van der Waals surface area contributed by atoms with E-state index in [2.05, 4.69) is 20.8 Å². The van der Waals surface area contributed by atoms with E-state index in [4.69, 9.17) is 11.6 Å². The summed E-state index contributed by atoms with van der Waals surface area (Å²) in [4.78, 5) is 12.2. The van der Waals surface area contributed by atoms with Gasteiger partial charge in [-0.05, 0) is 54.5 Å². The number of aromatic amines is 1. The molecule has 5 rings (SSSR count). The van der Waals surface area contributed by atoms with E-state index in [0.29, 0.717) is 17.9 Å². The number of halogens is 1. The van der Waals surface area contributed by atoms with Gasteiger partial charge in [0.15, 0.2) is 0 Å². The summed E-state index contributed by atoms with van der Waals surface area (Å²) in [5, 5.41) is 25.6. The van der Waals surface area contributed by atoms with Crippen molar-refractivity contribution in [3.63, 3.8) is 0 Å². The molecule has 2 amide bonds. The largest absolute Gasteiger partial charge is 0.385 e. The number of nitrogens with one attached hydrogen (secondary N) is 3. The quantitative estimate of drug-likeness (QED) is 0.557. The second kappa shape index (κ2) is 5.97. The van der Waals surface area contributed by atoms with Gasteiger partial charge in [0.1, 0.15) is 0 Å². The first-order valence-corrected chi connectivity index (χ1v) is 9.39. The number of hydrogen-bond acceptors (Lipinski definition) is 3. The number of H-pyrrole nitrogens is 1. The molecule has 0 spiro atoms. The molecule has 7 heteroatoms. The molecule has 6 nitrogen and oxygen atoms in total. The Labute approximate surface area is 160 Å². The van der Waals surface area contributed by atoms with Gasteiger partial charge < -0.3 is 15.7 Å². The minimum atomic E-state index is -0.934. The highest BCUT2D eigenvalue weighted by atomic mass is 35.5. The predicted molar refractivity (Wildman–Crippen MR) is 104 cm³/mol. The normalized spacial score (nSPS) is 28.7. The van der Waals surface area contributed by atoms with Crippen LogP contribution in [0.4, 0.5) is 10.5 Å². The Bertz CT molecular complexity index is 1010. The van der Waals surface area contributed by atoms with E-state index in [1.54, 1.807) is 6.20 Å². The van der Waals surface area contributed by atoms with Gasteiger partial charge in [0, 0.05) is 22.1 Å². The first-order chi connectivity index (χ1) is 13.0. The molecular formula is C20H19ClN4O2. The van der Waals surface area contributed by atoms with E-state index in [1.165, 1.54) is 0 Å². The van der Waals surface area contributed by atoms with Crippen molar-refractivity contribution in [3.8, 4) is 0 Å². The predicted octanol–water partition coefficient (Wildman–Crippen LogP) is 3.63. The maximum absolute atomic E-state index is 12.2. The van der Waals surface area contributed by atoms with Crippen LogP contribution in [-0.2, 0) is 5.60 Å². The maximum atomic E-state index is 12.2. The molecule has 1 aromatic heterocycles. The molecule has 2 aromatic carbocycles. The van der Waals surface area contributed by atoms with Crippen molar-refractivity contribution >= 4 is 34.2 Å². The number of anilines is 1. The van der Waals surface area contributed by atoms with Crippen LogP contribution in [0.15, 0.2) is 48.7 Å². The van der Waals surface area contributed by atoms with Gasteiger partial charge in [-0.15, -0.1) is 0 Å². The Balaban J connectivity index is 1.27. The minimum Gasteiger partial charge on any atom is -0.385 e. The number of aliphatic hydroxyl groups is 1. The number of benzene rings is 2. The molecule has 2 aliphatic carbocycles. The van der Waals surface area contributed by atoms with E-state index in [9.17, 15) is 9.90 Å². The molecule has 0 aliphatic heterocycles. The lowest BCUT2D eigenvalue weighted by atomic mass is 9.86. The molecule has 27 heavy (non-hydrogen) atoms. The number of aromatic nitrogens is 2. The fourth-order valence-corrected chi connectivity index (χ4v) is 4.76. The summed E-state index contributed by atoms with van der Waals surface area (Å²) >= 11 is 6.22. The van der Waals surface area contributed by atoms with Crippen LogP contribution in [0.25, 0.3) is 10.9 Å². The average molecular weight is 383 g/mol. The summed E-state index contributed by atoms with van der Waals surface area (Å²) in [6, 6.07) is 12.9. The summed E-state index contributed by atoms with van der Waals surface area (Å²) in [5.41, 5.74) is 1.47. The van der Waals surface area contributed by atoms with Crippen LogP contribution in [0.5, 0.6) is 0 Å². The first-order valence-electron chi connectivity index (χ1n) is 9.01. The van der Waals surface area contributed by atoms with Gasteiger partial charge in [-0.1, -0.05) is 29.8 Å². The number of rotatable bonds is 3. The Morgan fingerprint density at radius 1 is 1.22 bits per heavy atom. The Kier molecular flexibility index (Phi) is 3.67. The number of carbonyl (C=O) groups excluding carboxylic acids is 1. The molecule has 138 valence electrons. The van der Waals surface area contributed by atoms with Gasteiger partial charge in [-0.3, -0.25) is 5.10 Å². The third-order valence-corrected chi connectivity index (χ3v) is 6.05. The molecule has 2 unspecified atom stereocenters. The summed E-state index contributed by atoms with van der Waals surface area (Å²) in [6.07, 6.45) is 2.94. The molecule has 3 aromatic rings. The number of amides is 2. The van der Waals surface area contributed by atoms with Crippen LogP contribution in [0.2, 0.25) is 5.02 Å². The van der Waals surface area contributed by atoms with Crippen molar-refractivity contribution in [2.75, 3.05) is 5.32 Å². The second-order valence-electron chi connectivity index (χ2n) is 7.54. The Morgan fingerprint density at radius 3 is 2.70 bits per heavy atom. The van der Waals surface area contributed by atoms with Gasteiger partial charge in [-0.2, -0.15) is 5.10 Å². The molecule has 2 aliphatic rings. The summed E-state index contributed by atoms with van der Waals surface area (Å²) < 4.78 is 0. The van der Waals surface area contributed by atoms with Crippen molar-refractivity contribution in [2.45, 2.75) is 24.5 Å². The minimum absolute atomic E-state index is 0.105. The number of carbonyl (C=O) groups is 1. The number of urea groups is 1. The highest BCUT2D eigenvalue weighted by Gasteiger charge is 2.62. The molecule has 0 radical (unpaired) electrons. The number of fused-ring (bicyclic) bond motifs is 2. The Hall–Kier alpha value is -2.57. The van der Waals surface area contributed by atoms with Gasteiger partial charge >= 0.3 is 6.03 Å². The van der Waals surface area contributed by atoms with E-state index in [0.717, 1.165) is 22.2 Å². The zero-order valence-corrected chi connectivity index (χ0v) is 15.2. The number of nitrogens with zero attached hydrogens (tertiary/aromatic N) is 1. The monoisotopic (exact) mass is 382 g/mol. The van der Waals surface area contributed by atoms with Gasteiger partial charge in [-0.25, -0.2) is 4.79 Å². The fraction of sp³-hybridized carbons (Fsp3) is 0.300. The molecule has 2 saturated carbocycles. The summed E-state index contributed by atoms with van der Waals surface area (Å²) in [5.74, 6) is 0.551. The molecule has 0 bridgehead atoms. The average Bonchev–Trinajstić information content (AvgIpc) is 3.02. The van der Waals surface area contributed by atoms with Crippen LogP contribution in [0.1, 0.15) is 18.4 Å². The van der Waals surface area contributed by atoms with Crippen LogP contribution >= 0.6 is 11.6 Å². The fourth-order valence-electron chi connectivity index (χ4n) is 4.54. The van der Waals surface area contributed by atoms with E-state index in [-0.39, 0.29) is 23.9 Å². The lowest BCUT2D eigenvalue weighted by Crippen LogP contribution is -2.36. The highest BCUT2D eigenvalue weighted by molar-refractivity contribution is 6.31. The van der Waals surface area contributed by atoms with Crippen LogP contribution < -0.4 is 10.6 Å². The van der Waals surface area contributed by atoms with Gasteiger partial charge in [0.2, 0.25) is 0 Å². The lowest BCUT2D eigenvalue weighted by molar-refractivity contribution is 0.0300. The van der Waals surface area contributed by atoms with Gasteiger partial charge in [0.25, 0.3) is 0 Å². The van der Waals surface area contributed by atoms with Crippen LogP contribution in [-0.4, -0.2) is 27.4 Å². The zero-order chi connectivity index (χ0) is 18.6. The van der Waals surface area contributed by atoms with Crippen molar-refractivity contribution in [2.24, 2.45) is 11.8 Å². The van der Waals surface area contributed by atoms with Crippen molar-refractivity contribution in [3.05, 3.63) is 59.2 Å². The zero-order valence-electron chi connectivity index (χ0n) is 14.4. The second-order valence-corrected chi connectivity index (χ2v) is 7.98. The molecular weight excluding hydrogens is 364 g/mol. The third kappa shape index (κ3) is 2.85. The van der Waals surface area contributed by atoms with E-state index < -0.39 is 5.60 Å². The first kappa shape index (κ1) is 16.6. The molecule has 0 saturated heterocycles. The lowest BCUT2D eigenvalue weighted by Gasteiger charge is -2.27. The molecule has 2 fully saturated rings.